The van der Waals surface area contributed by atoms with Gasteiger partial charge in [-0.2, -0.15) is 0 Å². The lowest BCUT2D eigenvalue weighted by atomic mass is 10.0. The van der Waals surface area contributed by atoms with E-state index in [0.29, 0.717) is 5.13 Å². The smallest absolute Gasteiger partial charge is 0.243 e. The number of aromatic nitrogens is 3. The van der Waals surface area contributed by atoms with Crippen molar-refractivity contribution in [2.75, 3.05) is 11.9 Å². The Morgan fingerprint density at radius 3 is 3.14 bits per heavy atom. The summed E-state index contributed by atoms with van der Waals surface area (Å²) in [4.78, 5) is 11.6. The van der Waals surface area contributed by atoms with E-state index in [9.17, 15) is 4.79 Å². The molecule has 0 spiro atoms. The molecule has 2 N–H and O–H groups in total. The molecule has 1 aromatic heterocycles. The van der Waals surface area contributed by atoms with Crippen molar-refractivity contribution in [1.29, 1.82) is 0 Å². The fraction of sp³-hybridized carbons (Fsp3) is 0.714. The average molecular weight is 213 g/mol. The van der Waals surface area contributed by atoms with Crippen LogP contribution in [0.2, 0.25) is 0 Å². The summed E-state index contributed by atoms with van der Waals surface area (Å²) in [5.41, 5.74) is 0. The first-order chi connectivity index (χ1) is 6.86. The lowest BCUT2D eigenvalue weighted by molar-refractivity contribution is -0.118. The SMILES string of the molecule is O=C(Nc1nnns1)[C@H]1CCCCN1. The molecule has 0 saturated carbocycles. The lowest BCUT2D eigenvalue weighted by Gasteiger charge is -2.21. The Bertz CT molecular complexity index is 295. The van der Waals surface area contributed by atoms with Crippen LogP contribution in [-0.2, 0) is 4.79 Å². The summed E-state index contributed by atoms with van der Waals surface area (Å²) in [6, 6.07) is -0.0901. The Balaban J connectivity index is 1.88. The summed E-state index contributed by atoms with van der Waals surface area (Å²) in [6.07, 6.45) is 3.13. The quantitative estimate of drug-likeness (QED) is 0.723. The van der Waals surface area contributed by atoms with Crippen molar-refractivity contribution in [2.45, 2.75) is 25.3 Å². The van der Waals surface area contributed by atoms with Gasteiger partial charge >= 0.3 is 0 Å². The van der Waals surface area contributed by atoms with Crippen LogP contribution in [0.25, 0.3) is 0 Å². The molecule has 76 valence electrons. The van der Waals surface area contributed by atoms with Gasteiger partial charge in [-0.25, -0.2) is 0 Å². The van der Waals surface area contributed by atoms with E-state index >= 15 is 0 Å². The fourth-order valence-electron chi connectivity index (χ4n) is 1.45. The van der Waals surface area contributed by atoms with Crippen LogP contribution in [0.5, 0.6) is 0 Å². The summed E-state index contributed by atoms with van der Waals surface area (Å²) in [5.74, 6) is -0.0387. The lowest BCUT2D eigenvalue weighted by Crippen LogP contribution is -2.43. The number of nitrogens with zero attached hydrogens (tertiary/aromatic N) is 3. The third-order valence-electron chi connectivity index (χ3n) is 2.16. The predicted octanol–water partition coefficient (Wildman–Crippen LogP) is 0.0137. The van der Waals surface area contributed by atoms with E-state index in [4.69, 9.17) is 0 Å². The standard InChI is InChI=1S/C7H11N5OS/c13-6(5-3-1-2-4-8-5)9-7-10-11-12-14-7/h5,8H,1-4H2,(H,9,10,12,13)/t5-/m1/s1. The van der Waals surface area contributed by atoms with E-state index < -0.39 is 0 Å². The van der Waals surface area contributed by atoms with E-state index in [-0.39, 0.29) is 11.9 Å². The predicted molar refractivity (Wildman–Crippen MR) is 52.0 cm³/mol. The van der Waals surface area contributed by atoms with Crippen LogP contribution in [0.1, 0.15) is 19.3 Å². The second-order valence-electron chi connectivity index (χ2n) is 3.16. The molecule has 0 unspecified atom stereocenters. The number of piperidine rings is 1. The van der Waals surface area contributed by atoms with Crippen molar-refractivity contribution < 1.29 is 4.79 Å². The van der Waals surface area contributed by atoms with Gasteiger partial charge in [0, 0.05) is 11.5 Å². The molecular formula is C7H11N5OS. The molecule has 1 fully saturated rings. The van der Waals surface area contributed by atoms with Gasteiger partial charge < -0.3 is 5.32 Å². The van der Waals surface area contributed by atoms with Crippen LogP contribution in [0.4, 0.5) is 5.13 Å². The normalized spacial score (nSPS) is 21.9. The number of anilines is 1. The van der Waals surface area contributed by atoms with Crippen molar-refractivity contribution in [3.63, 3.8) is 0 Å². The van der Waals surface area contributed by atoms with Gasteiger partial charge in [-0.05, 0) is 24.6 Å². The number of rotatable bonds is 2. The second-order valence-corrected chi connectivity index (χ2v) is 3.89. The average Bonchev–Trinajstić information content (AvgIpc) is 2.72. The third-order valence-corrected chi connectivity index (χ3v) is 2.67. The zero-order chi connectivity index (χ0) is 9.80. The minimum atomic E-state index is -0.0901. The summed E-state index contributed by atoms with van der Waals surface area (Å²) >= 11 is 1.08. The molecule has 1 aliphatic heterocycles. The zero-order valence-electron chi connectivity index (χ0n) is 7.56. The molecule has 14 heavy (non-hydrogen) atoms. The van der Waals surface area contributed by atoms with E-state index in [2.05, 4.69) is 25.4 Å². The molecule has 0 bridgehead atoms. The zero-order valence-corrected chi connectivity index (χ0v) is 8.38. The van der Waals surface area contributed by atoms with Gasteiger partial charge in [0.15, 0.2) is 0 Å². The number of carbonyl (C=O) groups is 1. The van der Waals surface area contributed by atoms with Gasteiger partial charge in [0.25, 0.3) is 0 Å². The molecule has 7 heteroatoms. The maximum Gasteiger partial charge on any atom is 0.243 e. The second kappa shape index (κ2) is 4.43. The molecule has 0 radical (unpaired) electrons. The minimum Gasteiger partial charge on any atom is -0.306 e. The first-order valence-electron chi connectivity index (χ1n) is 4.55. The monoisotopic (exact) mass is 213 g/mol. The highest BCUT2D eigenvalue weighted by Gasteiger charge is 2.21. The first-order valence-corrected chi connectivity index (χ1v) is 5.33. The molecule has 0 aromatic carbocycles. The van der Waals surface area contributed by atoms with Crippen molar-refractivity contribution in [3.8, 4) is 0 Å². The van der Waals surface area contributed by atoms with Gasteiger partial charge in [0.05, 0.1) is 6.04 Å². The summed E-state index contributed by atoms with van der Waals surface area (Å²) in [5, 5.41) is 13.3. The summed E-state index contributed by atoms with van der Waals surface area (Å²) in [7, 11) is 0. The Morgan fingerprint density at radius 2 is 2.50 bits per heavy atom. The highest BCUT2D eigenvalue weighted by atomic mass is 32.1. The third kappa shape index (κ3) is 2.24. The van der Waals surface area contributed by atoms with E-state index in [1.54, 1.807) is 0 Å². The maximum absolute atomic E-state index is 11.6. The van der Waals surface area contributed by atoms with Gasteiger partial charge in [-0.1, -0.05) is 16.0 Å². The molecule has 1 atom stereocenters. The van der Waals surface area contributed by atoms with Crippen LogP contribution in [0, 0.1) is 0 Å². The molecule has 1 saturated heterocycles. The van der Waals surface area contributed by atoms with Crippen LogP contribution in [0.15, 0.2) is 0 Å². The van der Waals surface area contributed by atoms with Crippen LogP contribution in [-0.4, -0.2) is 33.3 Å². The molecule has 1 amide bonds. The number of hydrogen-bond acceptors (Lipinski definition) is 6. The van der Waals surface area contributed by atoms with Crippen molar-refractivity contribution in [2.24, 2.45) is 0 Å². The molecule has 0 aliphatic carbocycles. The largest absolute Gasteiger partial charge is 0.306 e. The van der Waals surface area contributed by atoms with Gasteiger partial charge in [-0.15, -0.1) is 0 Å². The topological polar surface area (TPSA) is 79.8 Å². The maximum atomic E-state index is 11.6. The Kier molecular flexibility index (Phi) is 3.00. The highest BCUT2D eigenvalue weighted by molar-refractivity contribution is 7.09. The number of nitrogens with one attached hydrogen (secondary N) is 2. The van der Waals surface area contributed by atoms with Gasteiger partial charge in [0.1, 0.15) is 0 Å². The number of amides is 1. The van der Waals surface area contributed by atoms with Crippen LogP contribution in [0.3, 0.4) is 0 Å². The molecule has 1 aromatic rings. The summed E-state index contributed by atoms with van der Waals surface area (Å²) < 4.78 is 3.57. The van der Waals surface area contributed by atoms with Crippen LogP contribution >= 0.6 is 11.5 Å². The van der Waals surface area contributed by atoms with Gasteiger partial charge in [-0.3, -0.25) is 10.1 Å². The molecular weight excluding hydrogens is 202 g/mol. The Labute approximate surface area is 85.3 Å². The molecule has 2 heterocycles. The first kappa shape index (κ1) is 9.47. The van der Waals surface area contributed by atoms with Crippen LogP contribution < -0.4 is 10.6 Å². The van der Waals surface area contributed by atoms with Gasteiger partial charge in [0.2, 0.25) is 11.0 Å². The number of hydrogen-bond donors (Lipinski definition) is 2. The van der Waals surface area contributed by atoms with E-state index in [1.807, 2.05) is 0 Å². The van der Waals surface area contributed by atoms with Crippen molar-refractivity contribution >= 4 is 22.6 Å². The Morgan fingerprint density at radius 1 is 1.57 bits per heavy atom. The Hall–Kier alpha value is -1.08. The van der Waals surface area contributed by atoms with E-state index in [0.717, 1.165) is 37.3 Å². The van der Waals surface area contributed by atoms with Crippen molar-refractivity contribution in [3.05, 3.63) is 0 Å². The number of carbonyl (C=O) groups excluding carboxylic acids is 1. The van der Waals surface area contributed by atoms with Crippen molar-refractivity contribution in [1.82, 2.24) is 20.1 Å². The fourth-order valence-corrected chi connectivity index (χ4v) is 1.82. The molecule has 6 nitrogen and oxygen atoms in total. The minimum absolute atomic E-state index is 0.0387. The summed E-state index contributed by atoms with van der Waals surface area (Å²) in [6.45, 7) is 0.909. The molecule has 1 aliphatic rings. The highest BCUT2D eigenvalue weighted by Crippen LogP contribution is 2.10. The molecule has 2 rings (SSSR count). The van der Waals surface area contributed by atoms with E-state index in [1.165, 1.54) is 0 Å².